The maximum atomic E-state index is 12.8. The summed E-state index contributed by atoms with van der Waals surface area (Å²) in [5.41, 5.74) is 0.309. The van der Waals surface area contributed by atoms with E-state index in [9.17, 15) is 18.0 Å². The number of nitrogens with one attached hydrogen (secondary N) is 1. The number of halogens is 4. The molecule has 9 heteroatoms. The summed E-state index contributed by atoms with van der Waals surface area (Å²) < 4.78 is 43.8. The molecule has 0 radical (unpaired) electrons. The predicted molar refractivity (Wildman–Crippen MR) is 103 cm³/mol. The van der Waals surface area contributed by atoms with Gasteiger partial charge in [0, 0.05) is 47.0 Å². The summed E-state index contributed by atoms with van der Waals surface area (Å²) in [5, 5.41) is 3.12. The lowest BCUT2D eigenvalue weighted by molar-refractivity contribution is -0.195. The van der Waals surface area contributed by atoms with Crippen LogP contribution in [0.15, 0.2) is 59.5 Å². The maximum absolute atomic E-state index is 12.8. The number of carbonyl (C=O) groups is 1. The van der Waals surface area contributed by atoms with Crippen LogP contribution in [-0.2, 0) is 10.3 Å². The molecule has 1 aliphatic heterocycles. The molecule has 5 nitrogen and oxygen atoms in total. The summed E-state index contributed by atoms with van der Waals surface area (Å²) >= 11 is 5.90. The minimum atomic E-state index is -4.52. The number of nitrogens with zero attached hydrogens (tertiary/aromatic N) is 2. The molecule has 1 aromatic carbocycles. The van der Waals surface area contributed by atoms with Crippen molar-refractivity contribution in [2.24, 2.45) is 4.99 Å². The van der Waals surface area contributed by atoms with E-state index in [0.717, 1.165) is 0 Å². The van der Waals surface area contributed by atoms with Crippen LogP contribution < -0.4 is 5.32 Å². The maximum Gasteiger partial charge on any atom is 0.411 e. The van der Waals surface area contributed by atoms with Gasteiger partial charge in [-0.15, -0.1) is 0 Å². The quantitative estimate of drug-likeness (QED) is 0.766. The van der Waals surface area contributed by atoms with Crippen molar-refractivity contribution in [1.29, 1.82) is 0 Å². The van der Waals surface area contributed by atoms with Crippen LogP contribution >= 0.6 is 11.6 Å². The number of hydrogen-bond donors (Lipinski definition) is 1. The van der Waals surface area contributed by atoms with E-state index >= 15 is 0 Å². The Morgan fingerprint density at radius 1 is 1.28 bits per heavy atom. The molecule has 1 aromatic heterocycles. The van der Waals surface area contributed by atoms with Gasteiger partial charge in [-0.2, -0.15) is 13.2 Å². The van der Waals surface area contributed by atoms with E-state index in [1.807, 2.05) is 0 Å². The molecule has 1 aliphatic rings. The molecule has 1 unspecified atom stereocenters. The third-order valence-corrected chi connectivity index (χ3v) is 4.48. The molecule has 0 fully saturated rings. The number of amides is 1. The van der Waals surface area contributed by atoms with Crippen LogP contribution in [0.1, 0.15) is 28.0 Å². The van der Waals surface area contributed by atoms with Crippen LogP contribution in [0.4, 0.5) is 13.2 Å². The highest BCUT2D eigenvalue weighted by molar-refractivity contribution is 6.30. The zero-order valence-corrected chi connectivity index (χ0v) is 16.1. The monoisotopic (exact) mass is 423 g/mol. The van der Waals surface area contributed by atoms with Crippen LogP contribution in [0, 0.1) is 6.92 Å². The van der Waals surface area contributed by atoms with Gasteiger partial charge in [-0.3, -0.25) is 14.8 Å². The van der Waals surface area contributed by atoms with Gasteiger partial charge < -0.3 is 10.1 Å². The number of carbonyl (C=O) groups excluding carboxylic acids is 1. The summed E-state index contributed by atoms with van der Waals surface area (Å²) in [7, 11) is 0. The number of aliphatic imine (C=N–C) groups is 1. The fourth-order valence-corrected chi connectivity index (χ4v) is 3.02. The molecule has 3 rings (SSSR count). The topological polar surface area (TPSA) is 63.6 Å². The molecule has 0 saturated carbocycles. The number of ether oxygens (including phenoxy) is 1. The van der Waals surface area contributed by atoms with Crippen molar-refractivity contribution in [2.45, 2.75) is 25.1 Å². The van der Waals surface area contributed by atoms with Gasteiger partial charge in [-0.05, 0) is 36.8 Å². The Hall–Kier alpha value is -2.71. The number of aromatic nitrogens is 1. The van der Waals surface area contributed by atoms with E-state index in [-0.39, 0.29) is 6.42 Å². The molecule has 1 N–H and O–H groups in total. The van der Waals surface area contributed by atoms with Crippen LogP contribution in [0.3, 0.4) is 0 Å². The molecule has 2 heterocycles. The highest BCUT2D eigenvalue weighted by atomic mass is 35.5. The number of aryl methyl sites for hydroxylation is 1. The first kappa shape index (κ1) is 21.0. The molecule has 0 bridgehead atoms. The zero-order valence-electron chi connectivity index (χ0n) is 15.3. The van der Waals surface area contributed by atoms with Crippen molar-refractivity contribution in [1.82, 2.24) is 10.3 Å². The molecular formula is C20H17ClF3N3O2. The lowest BCUT2D eigenvalue weighted by Crippen LogP contribution is -2.39. The van der Waals surface area contributed by atoms with Crippen LogP contribution in [-0.4, -0.2) is 29.9 Å². The summed E-state index contributed by atoms with van der Waals surface area (Å²) in [4.78, 5) is 20.6. The Morgan fingerprint density at radius 3 is 2.66 bits per heavy atom. The number of hydrogen-bond acceptors (Lipinski definition) is 4. The SMILES string of the molecule is Cc1cc(C(=O)NC2=CN=CC(OCC(F)(F)F)(c3ccc(Cl)cc3)C2)ccn1. The van der Waals surface area contributed by atoms with Crippen LogP contribution in [0.5, 0.6) is 0 Å². The zero-order chi connectivity index (χ0) is 21.1. The first-order valence-electron chi connectivity index (χ1n) is 8.61. The van der Waals surface area contributed by atoms with Crippen molar-refractivity contribution in [3.8, 4) is 0 Å². The van der Waals surface area contributed by atoms with Gasteiger partial charge in [0.05, 0.1) is 0 Å². The van der Waals surface area contributed by atoms with E-state index in [2.05, 4.69) is 15.3 Å². The number of rotatable bonds is 5. The molecule has 0 aliphatic carbocycles. The molecule has 2 aromatic rings. The normalized spacial score (nSPS) is 19.0. The van der Waals surface area contributed by atoms with Crippen molar-refractivity contribution in [2.75, 3.05) is 6.61 Å². The molecule has 152 valence electrons. The minimum Gasteiger partial charge on any atom is -0.355 e. The van der Waals surface area contributed by atoms with Gasteiger partial charge in [0.25, 0.3) is 5.91 Å². The summed E-state index contributed by atoms with van der Waals surface area (Å²) in [6.07, 6.45) is -0.371. The van der Waals surface area contributed by atoms with E-state index in [4.69, 9.17) is 16.3 Å². The van der Waals surface area contributed by atoms with E-state index in [1.165, 1.54) is 18.6 Å². The third-order valence-electron chi connectivity index (χ3n) is 4.23. The van der Waals surface area contributed by atoms with Crippen molar-refractivity contribution in [3.63, 3.8) is 0 Å². The van der Waals surface area contributed by atoms with Crippen LogP contribution in [0.2, 0.25) is 5.02 Å². The Kier molecular flexibility index (Phi) is 6.04. The molecule has 29 heavy (non-hydrogen) atoms. The average molecular weight is 424 g/mol. The van der Waals surface area contributed by atoms with E-state index in [1.54, 1.807) is 43.3 Å². The lowest BCUT2D eigenvalue weighted by Gasteiger charge is -2.34. The Morgan fingerprint density at radius 2 is 2.00 bits per heavy atom. The van der Waals surface area contributed by atoms with Gasteiger partial charge in [0.2, 0.25) is 0 Å². The molecule has 1 amide bonds. The summed E-state index contributed by atoms with van der Waals surface area (Å²) in [6, 6.07) is 9.40. The fourth-order valence-electron chi connectivity index (χ4n) is 2.89. The van der Waals surface area contributed by atoms with Crippen molar-refractivity contribution >= 4 is 23.7 Å². The second kappa shape index (κ2) is 8.34. The summed E-state index contributed by atoms with van der Waals surface area (Å²) in [6.45, 7) is 0.282. The largest absolute Gasteiger partial charge is 0.411 e. The minimum absolute atomic E-state index is 0.0377. The van der Waals surface area contributed by atoms with Crippen LogP contribution in [0.25, 0.3) is 0 Å². The number of pyridine rings is 1. The van der Waals surface area contributed by atoms with Crippen molar-refractivity contribution < 1.29 is 22.7 Å². The van der Waals surface area contributed by atoms with Gasteiger partial charge in [-0.1, -0.05) is 23.7 Å². The molecular weight excluding hydrogens is 407 g/mol. The Bertz CT molecular complexity index is 958. The highest BCUT2D eigenvalue weighted by Crippen LogP contribution is 2.35. The van der Waals surface area contributed by atoms with E-state index in [0.29, 0.717) is 27.5 Å². The van der Waals surface area contributed by atoms with Gasteiger partial charge in [0.15, 0.2) is 0 Å². The molecule has 1 atom stereocenters. The van der Waals surface area contributed by atoms with Gasteiger partial charge in [-0.25, -0.2) is 0 Å². The third kappa shape index (κ3) is 5.42. The summed E-state index contributed by atoms with van der Waals surface area (Å²) in [5.74, 6) is -0.417. The smallest absolute Gasteiger partial charge is 0.355 e. The second-order valence-electron chi connectivity index (χ2n) is 6.55. The fraction of sp³-hybridized carbons (Fsp3) is 0.250. The number of alkyl halides is 3. The van der Waals surface area contributed by atoms with Gasteiger partial charge >= 0.3 is 6.18 Å². The first-order valence-corrected chi connectivity index (χ1v) is 8.99. The lowest BCUT2D eigenvalue weighted by atomic mass is 9.88. The van der Waals surface area contributed by atoms with Gasteiger partial charge in [0.1, 0.15) is 12.2 Å². The number of benzene rings is 1. The van der Waals surface area contributed by atoms with E-state index < -0.39 is 24.3 Å². The van der Waals surface area contributed by atoms with Crippen molar-refractivity contribution in [3.05, 3.63) is 76.3 Å². The first-order chi connectivity index (χ1) is 13.7. The second-order valence-corrected chi connectivity index (χ2v) is 6.99. The standard InChI is InChI=1S/C20H17ClF3N3O2/c1-13-8-14(6-7-26-13)18(28)27-17-9-19(11-25-10-17,29-12-20(22,23)24)15-2-4-16(21)5-3-15/h2-8,10-11H,9,12H2,1H3,(H,27,28). The predicted octanol–water partition coefficient (Wildman–Crippen LogP) is 4.56. The average Bonchev–Trinajstić information content (AvgIpc) is 2.67. The Labute approximate surface area is 170 Å². The Balaban J connectivity index is 1.85. The molecule has 0 saturated heterocycles. The molecule has 0 spiro atoms. The highest BCUT2D eigenvalue weighted by Gasteiger charge is 2.39.